The van der Waals surface area contributed by atoms with Crippen molar-refractivity contribution in [1.82, 2.24) is 5.32 Å². The van der Waals surface area contributed by atoms with Gasteiger partial charge in [0.2, 0.25) is 10.0 Å². The Hall–Kier alpha value is -2.54. The van der Waals surface area contributed by atoms with Crippen LogP contribution in [0.1, 0.15) is 28.9 Å². The van der Waals surface area contributed by atoms with Crippen LogP contribution in [-0.4, -0.2) is 27.7 Å². The van der Waals surface area contributed by atoms with Gasteiger partial charge in [-0.2, -0.15) is 0 Å². The monoisotopic (exact) mass is 348 g/mol. The van der Waals surface area contributed by atoms with Gasteiger partial charge in [-0.25, -0.2) is 8.42 Å². The van der Waals surface area contributed by atoms with Crippen LogP contribution in [-0.2, 0) is 10.0 Å². The zero-order valence-electron chi connectivity index (χ0n) is 13.7. The molecule has 0 unspecified atom stereocenters. The minimum Gasteiger partial charge on any atom is -0.496 e. The number of carbonyl (C=O) groups excluding carboxylic acids is 1. The maximum Gasteiger partial charge on any atom is 0.251 e. The van der Waals surface area contributed by atoms with Gasteiger partial charge in [-0.05, 0) is 37.3 Å². The molecule has 2 aromatic rings. The summed E-state index contributed by atoms with van der Waals surface area (Å²) >= 11 is 0. The molecule has 2 rings (SSSR count). The number of carbonyl (C=O) groups is 1. The number of sulfonamides is 1. The van der Waals surface area contributed by atoms with Crippen molar-refractivity contribution in [2.24, 2.45) is 0 Å². The summed E-state index contributed by atoms with van der Waals surface area (Å²) in [6.07, 6.45) is 1.07. The highest BCUT2D eigenvalue weighted by Crippen LogP contribution is 2.24. The molecule has 0 spiro atoms. The molecule has 0 aliphatic carbocycles. The second-order valence-electron chi connectivity index (χ2n) is 5.39. The van der Waals surface area contributed by atoms with Gasteiger partial charge in [-0.15, -0.1) is 0 Å². The molecule has 128 valence electrons. The minimum atomic E-state index is -3.34. The quantitative estimate of drug-likeness (QED) is 0.840. The number of para-hydroxylation sites is 1. The summed E-state index contributed by atoms with van der Waals surface area (Å²) in [5.41, 5.74) is 1.73. The van der Waals surface area contributed by atoms with Crippen molar-refractivity contribution in [3.8, 4) is 5.75 Å². The van der Waals surface area contributed by atoms with Gasteiger partial charge < -0.3 is 10.1 Å². The van der Waals surface area contributed by atoms with Crippen molar-refractivity contribution >= 4 is 21.6 Å². The topological polar surface area (TPSA) is 84.5 Å². The molecule has 0 saturated carbocycles. The van der Waals surface area contributed by atoms with Crippen LogP contribution in [0.25, 0.3) is 0 Å². The van der Waals surface area contributed by atoms with Crippen LogP contribution < -0.4 is 14.8 Å². The number of methoxy groups -OCH3 is 1. The van der Waals surface area contributed by atoms with E-state index in [0.29, 0.717) is 17.0 Å². The number of anilines is 1. The second kappa shape index (κ2) is 7.35. The van der Waals surface area contributed by atoms with E-state index in [2.05, 4.69) is 10.0 Å². The number of benzene rings is 2. The molecule has 24 heavy (non-hydrogen) atoms. The summed E-state index contributed by atoms with van der Waals surface area (Å²) in [5.74, 6) is 0.456. The standard InChI is InChI=1S/C17H20N2O4S/c1-12(15-6-4-5-7-16(15)23-2)18-17(20)13-8-10-14(11-9-13)19-24(3,21)22/h4-12,19H,1-3H3,(H,18,20)/t12-/m1/s1. The van der Waals surface area contributed by atoms with E-state index >= 15 is 0 Å². The smallest absolute Gasteiger partial charge is 0.251 e. The molecule has 1 amide bonds. The van der Waals surface area contributed by atoms with Gasteiger partial charge in [-0.3, -0.25) is 9.52 Å². The summed E-state index contributed by atoms with van der Waals surface area (Å²) < 4.78 is 30.0. The minimum absolute atomic E-state index is 0.234. The molecule has 1 atom stereocenters. The predicted molar refractivity (Wildman–Crippen MR) is 93.8 cm³/mol. The highest BCUT2D eigenvalue weighted by molar-refractivity contribution is 7.92. The van der Waals surface area contributed by atoms with E-state index < -0.39 is 10.0 Å². The summed E-state index contributed by atoms with van der Waals surface area (Å²) in [6, 6.07) is 13.5. The average molecular weight is 348 g/mol. The third-order valence-electron chi connectivity index (χ3n) is 3.40. The first kappa shape index (κ1) is 17.8. The fourth-order valence-electron chi connectivity index (χ4n) is 2.29. The van der Waals surface area contributed by atoms with Crippen LogP contribution in [0.3, 0.4) is 0 Å². The Morgan fingerprint density at radius 1 is 1.08 bits per heavy atom. The van der Waals surface area contributed by atoms with Crippen molar-refractivity contribution in [3.05, 3.63) is 59.7 Å². The normalized spacial score (nSPS) is 12.3. The summed E-state index contributed by atoms with van der Waals surface area (Å²) in [7, 11) is -1.75. The first-order valence-corrected chi connectivity index (χ1v) is 9.21. The van der Waals surface area contributed by atoms with E-state index in [-0.39, 0.29) is 11.9 Å². The van der Waals surface area contributed by atoms with Crippen LogP contribution in [0.2, 0.25) is 0 Å². The van der Waals surface area contributed by atoms with E-state index in [1.807, 2.05) is 31.2 Å². The number of ether oxygens (including phenoxy) is 1. The number of nitrogens with one attached hydrogen (secondary N) is 2. The molecule has 0 fully saturated rings. The Bertz CT molecular complexity index is 817. The van der Waals surface area contributed by atoms with Gasteiger partial charge in [-0.1, -0.05) is 18.2 Å². The Kier molecular flexibility index (Phi) is 5.46. The van der Waals surface area contributed by atoms with Crippen LogP contribution in [0.5, 0.6) is 5.75 Å². The Morgan fingerprint density at radius 2 is 1.71 bits per heavy atom. The summed E-state index contributed by atoms with van der Waals surface area (Å²) in [4.78, 5) is 12.3. The maximum atomic E-state index is 12.3. The van der Waals surface area contributed by atoms with E-state index in [0.717, 1.165) is 11.8 Å². The van der Waals surface area contributed by atoms with Crippen molar-refractivity contribution < 1.29 is 17.9 Å². The lowest BCUT2D eigenvalue weighted by Crippen LogP contribution is -2.26. The number of hydrogen-bond acceptors (Lipinski definition) is 4. The molecule has 2 aromatic carbocycles. The van der Waals surface area contributed by atoms with E-state index in [4.69, 9.17) is 4.74 Å². The number of rotatable bonds is 6. The summed E-state index contributed by atoms with van der Waals surface area (Å²) in [5, 5.41) is 2.90. The van der Waals surface area contributed by atoms with Crippen LogP contribution >= 0.6 is 0 Å². The van der Waals surface area contributed by atoms with Crippen molar-refractivity contribution in [3.63, 3.8) is 0 Å². The molecule has 0 aromatic heterocycles. The first-order chi connectivity index (χ1) is 11.3. The van der Waals surface area contributed by atoms with Gasteiger partial charge in [0.1, 0.15) is 5.75 Å². The molecule has 0 radical (unpaired) electrons. The fraction of sp³-hybridized carbons (Fsp3) is 0.235. The lowest BCUT2D eigenvalue weighted by molar-refractivity contribution is 0.0939. The molecule has 6 nitrogen and oxygen atoms in total. The zero-order valence-corrected chi connectivity index (χ0v) is 14.6. The highest BCUT2D eigenvalue weighted by Gasteiger charge is 2.15. The predicted octanol–water partition coefficient (Wildman–Crippen LogP) is 2.56. The van der Waals surface area contributed by atoms with Gasteiger partial charge in [0, 0.05) is 16.8 Å². The van der Waals surface area contributed by atoms with E-state index in [1.54, 1.807) is 31.4 Å². The third kappa shape index (κ3) is 4.73. The maximum absolute atomic E-state index is 12.3. The van der Waals surface area contributed by atoms with Crippen molar-refractivity contribution in [1.29, 1.82) is 0 Å². The average Bonchev–Trinajstić information content (AvgIpc) is 2.53. The number of hydrogen-bond donors (Lipinski definition) is 2. The molecule has 7 heteroatoms. The molecule has 0 saturated heterocycles. The molecular weight excluding hydrogens is 328 g/mol. The second-order valence-corrected chi connectivity index (χ2v) is 7.14. The Balaban J connectivity index is 2.09. The fourth-order valence-corrected chi connectivity index (χ4v) is 2.85. The van der Waals surface area contributed by atoms with Crippen molar-refractivity contribution in [2.45, 2.75) is 13.0 Å². The van der Waals surface area contributed by atoms with E-state index in [9.17, 15) is 13.2 Å². The lowest BCUT2D eigenvalue weighted by atomic mass is 10.1. The SMILES string of the molecule is COc1ccccc1[C@@H](C)NC(=O)c1ccc(NS(C)(=O)=O)cc1. The molecular formula is C17H20N2O4S. The van der Waals surface area contributed by atoms with Gasteiger partial charge in [0.15, 0.2) is 0 Å². The Morgan fingerprint density at radius 3 is 2.29 bits per heavy atom. The summed E-state index contributed by atoms with van der Waals surface area (Å²) in [6.45, 7) is 1.87. The molecule has 0 aliphatic rings. The van der Waals surface area contributed by atoms with Gasteiger partial charge in [0.05, 0.1) is 19.4 Å². The lowest BCUT2D eigenvalue weighted by Gasteiger charge is -2.17. The highest BCUT2D eigenvalue weighted by atomic mass is 32.2. The van der Waals surface area contributed by atoms with Crippen molar-refractivity contribution in [2.75, 3.05) is 18.1 Å². The van der Waals surface area contributed by atoms with Crippen LogP contribution in [0.15, 0.2) is 48.5 Å². The zero-order chi connectivity index (χ0) is 17.7. The molecule has 0 bridgehead atoms. The molecule has 2 N–H and O–H groups in total. The Labute approximate surface area is 141 Å². The molecule has 0 heterocycles. The van der Waals surface area contributed by atoms with Crippen LogP contribution in [0.4, 0.5) is 5.69 Å². The van der Waals surface area contributed by atoms with E-state index in [1.165, 1.54) is 0 Å². The largest absolute Gasteiger partial charge is 0.496 e. The first-order valence-electron chi connectivity index (χ1n) is 7.32. The van der Waals surface area contributed by atoms with Gasteiger partial charge >= 0.3 is 0 Å². The van der Waals surface area contributed by atoms with Crippen LogP contribution in [0, 0.1) is 0 Å². The molecule has 0 aliphatic heterocycles. The third-order valence-corrected chi connectivity index (χ3v) is 4.01. The van der Waals surface area contributed by atoms with Gasteiger partial charge in [0.25, 0.3) is 5.91 Å². The number of amides is 1.